The van der Waals surface area contributed by atoms with Gasteiger partial charge in [0.1, 0.15) is 0 Å². The molecular formula is C14H16N2O2S. The summed E-state index contributed by atoms with van der Waals surface area (Å²) in [6, 6.07) is 3.99. The lowest BCUT2D eigenvalue weighted by atomic mass is 10.2. The van der Waals surface area contributed by atoms with E-state index in [1.807, 2.05) is 17.5 Å². The van der Waals surface area contributed by atoms with Crippen molar-refractivity contribution >= 4 is 17.2 Å². The molecule has 1 aliphatic carbocycles. The molecule has 2 aromatic heterocycles. The van der Waals surface area contributed by atoms with Gasteiger partial charge in [-0.3, -0.25) is 4.79 Å². The maximum Gasteiger partial charge on any atom is 0.226 e. The van der Waals surface area contributed by atoms with E-state index in [-0.39, 0.29) is 11.9 Å². The zero-order valence-corrected chi connectivity index (χ0v) is 11.6. The van der Waals surface area contributed by atoms with Crippen molar-refractivity contribution in [1.29, 1.82) is 0 Å². The van der Waals surface area contributed by atoms with E-state index >= 15 is 0 Å². The molecule has 1 fully saturated rings. The van der Waals surface area contributed by atoms with E-state index in [1.54, 1.807) is 6.26 Å². The normalized spacial score (nSPS) is 16.3. The van der Waals surface area contributed by atoms with Crippen LogP contribution in [-0.2, 0) is 11.2 Å². The van der Waals surface area contributed by atoms with Gasteiger partial charge in [0, 0.05) is 11.4 Å². The summed E-state index contributed by atoms with van der Waals surface area (Å²) in [6.45, 7) is 2.07. The van der Waals surface area contributed by atoms with Gasteiger partial charge < -0.3 is 9.73 Å². The second-order valence-corrected chi connectivity index (χ2v) is 5.85. The van der Waals surface area contributed by atoms with Gasteiger partial charge in [-0.05, 0) is 37.8 Å². The van der Waals surface area contributed by atoms with Crippen molar-refractivity contribution in [3.63, 3.8) is 0 Å². The van der Waals surface area contributed by atoms with E-state index in [0.717, 1.165) is 16.5 Å². The largest absolute Gasteiger partial charge is 0.462 e. The second-order valence-electron chi connectivity index (χ2n) is 4.99. The van der Waals surface area contributed by atoms with Gasteiger partial charge in [-0.2, -0.15) is 0 Å². The van der Waals surface area contributed by atoms with Crippen LogP contribution in [0, 0.1) is 5.92 Å². The van der Waals surface area contributed by atoms with Gasteiger partial charge in [-0.25, -0.2) is 4.98 Å². The Balaban J connectivity index is 1.59. The summed E-state index contributed by atoms with van der Waals surface area (Å²) in [6.07, 6.45) is 4.44. The molecule has 19 heavy (non-hydrogen) atoms. The number of amides is 1. The molecule has 3 rings (SSSR count). The van der Waals surface area contributed by atoms with Crippen molar-refractivity contribution in [2.75, 3.05) is 0 Å². The third kappa shape index (κ3) is 3.04. The number of hydrogen-bond donors (Lipinski definition) is 1. The number of carbonyl (C=O) groups excluding carboxylic acids is 1. The van der Waals surface area contributed by atoms with Gasteiger partial charge in [0.15, 0.2) is 10.8 Å². The number of furan rings is 1. The predicted molar refractivity (Wildman–Crippen MR) is 73.8 cm³/mol. The first-order valence-electron chi connectivity index (χ1n) is 6.50. The standard InChI is InChI=1S/C14H16N2O2S/c1-9(10-4-5-10)15-13(17)7-11-8-19-14(16-11)12-3-2-6-18-12/h2-3,6,8-10H,4-5,7H2,1H3,(H,15,17)/t9-/m1/s1. The molecule has 2 aromatic rings. The molecule has 1 N–H and O–H groups in total. The molecular weight excluding hydrogens is 260 g/mol. The Morgan fingerprint density at radius 3 is 3.16 bits per heavy atom. The molecule has 1 atom stereocenters. The lowest BCUT2D eigenvalue weighted by molar-refractivity contribution is -0.121. The van der Waals surface area contributed by atoms with Crippen molar-refractivity contribution in [2.24, 2.45) is 5.92 Å². The molecule has 1 amide bonds. The molecule has 0 bridgehead atoms. The van der Waals surface area contributed by atoms with Crippen LogP contribution in [0.5, 0.6) is 0 Å². The molecule has 0 aromatic carbocycles. The Hall–Kier alpha value is -1.62. The van der Waals surface area contributed by atoms with Crippen LogP contribution in [0.25, 0.3) is 10.8 Å². The van der Waals surface area contributed by atoms with Crippen LogP contribution in [0.1, 0.15) is 25.5 Å². The van der Waals surface area contributed by atoms with Crippen LogP contribution in [0.4, 0.5) is 0 Å². The van der Waals surface area contributed by atoms with Crippen molar-refractivity contribution in [3.05, 3.63) is 29.5 Å². The molecule has 0 spiro atoms. The van der Waals surface area contributed by atoms with Crippen LogP contribution in [0.3, 0.4) is 0 Å². The topological polar surface area (TPSA) is 55.1 Å². The minimum Gasteiger partial charge on any atom is -0.462 e. The third-order valence-electron chi connectivity index (χ3n) is 3.34. The number of nitrogens with one attached hydrogen (secondary N) is 1. The SMILES string of the molecule is C[C@@H](NC(=O)Cc1csc(-c2ccco2)n1)C1CC1. The predicted octanol–water partition coefficient (Wildman–Crippen LogP) is 2.86. The molecule has 4 nitrogen and oxygen atoms in total. The fraction of sp³-hybridized carbons (Fsp3) is 0.429. The fourth-order valence-corrected chi connectivity index (χ4v) is 2.87. The lowest BCUT2D eigenvalue weighted by Crippen LogP contribution is -2.35. The summed E-state index contributed by atoms with van der Waals surface area (Å²) in [5.41, 5.74) is 0.803. The first-order valence-corrected chi connectivity index (χ1v) is 7.38. The van der Waals surface area contributed by atoms with Crippen LogP contribution in [0.2, 0.25) is 0 Å². The van der Waals surface area contributed by atoms with Gasteiger partial charge >= 0.3 is 0 Å². The lowest BCUT2D eigenvalue weighted by Gasteiger charge is -2.11. The van der Waals surface area contributed by atoms with Gasteiger partial charge in [0.2, 0.25) is 5.91 Å². The highest BCUT2D eigenvalue weighted by atomic mass is 32.1. The number of thiazole rings is 1. The van der Waals surface area contributed by atoms with Crippen LogP contribution in [0.15, 0.2) is 28.2 Å². The molecule has 0 saturated heterocycles. The summed E-state index contributed by atoms with van der Waals surface area (Å²) in [5, 5.41) is 5.77. The second kappa shape index (κ2) is 5.17. The van der Waals surface area contributed by atoms with Crippen LogP contribution in [-0.4, -0.2) is 16.9 Å². The fourth-order valence-electron chi connectivity index (χ4n) is 2.09. The Kier molecular flexibility index (Phi) is 3.38. The van der Waals surface area contributed by atoms with Crippen molar-refractivity contribution in [2.45, 2.75) is 32.2 Å². The average Bonchev–Trinajstić information content (AvgIpc) is 2.89. The number of carbonyl (C=O) groups is 1. The van der Waals surface area contributed by atoms with E-state index < -0.39 is 0 Å². The Bertz CT molecular complexity index is 558. The molecule has 5 heteroatoms. The highest BCUT2D eigenvalue weighted by Crippen LogP contribution is 2.32. The summed E-state index contributed by atoms with van der Waals surface area (Å²) in [5.74, 6) is 1.48. The average molecular weight is 276 g/mol. The van der Waals surface area contributed by atoms with Gasteiger partial charge in [0.25, 0.3) is 0 Å². The van der Waals surface area contributed by atoms with Crippen molar-refractivity contribution < 1.29 is 9.21 Å². The molecule has 1 saturated carbocycles. The van der Waals surface area contributed by atoms with Crippen LogP contribution >= 0.6 is 11.3 Å². The number of rotatable bonds is 5. The van der Waals surface area contributed by atoms with E-state index in [1.165, 1.54) is 24.2 Å². The summed E-state index contributed by atoms with van der Waals surface area (Å²) < 4.78 is 5.29. The number of nitrogens with zero attached hydrogens (tertiary/aromatic N) is 1. The molecule has 0 aliphatic heterocycles. The van der Waals surface area contributed by atoms with E-state index in [9.17, 15) is 4.79 Å². The quantitative estimate of drug-likeness (QED) is 0.913. The van der Waals surface area contributed by atoms with E-state index in [4.69, 9.17) is 4.42 Å². The summed E-state index contributed by atoms with van der Waals surface area (Å²) in [4.78, 5) is 16.3. The van der Waals surface area contributed by atoms with Gasteiger partial charge in [-0.1, -0.05) is 0 Å². The minimum absolute atomic E-state index is 0.0516. The van der Waals surface area contributed by atoms with Crippen LogP contribution < -0.4 is 5.32 Å². The molecule has 1 aliphatic rings. The van der Waals surface area contributed by atoms with E-state index in [2.05, 4.69) is 17.2 Å². The monoisotopic (exact) mass is 276 g/mol. The summed E-state index contributed by atoms with van der Waals surface area (Å²) >= 11 is 1.50. The Morgan fingerprint density at radius 1 is 1.63 bits per heavy atom. The summed E-state index contributed by atoms with van der Waals surface area (Å²) in [7, 11) is 0. The highest BCUT2D eigenvalue weighted by Gasteiger charge is 2.28. The number of hydrogen-bond acceptors (Lipinski definition) is 4. The highest BCUT2D eigenvalue weighted by molar-refractivity contribution is 7.13. The maximum atomic E-state index is 11.9. The molecule has 0 radical (unpaired) electrons. The number of aromatic nitrogens is 1. The molecule has 100 valence electrons. The van der Waals surface area contributed by atoms with Crippen molar-refractivity contribution in [1.82, 2.24) is 10.3 Å². The first kappa shape index (κ1) is 12.4. The third-order valence-corrected chi connectivity index (χ3v) is 4.25. The Morgan fingerprint density at radius 2 is 2.47 bits per heavy atom. The first-order chi connectivity index (χ1) is 9.22. The van der Waals surface area contributed by atoms with Gasteiger partial charge in [-0.15, -0.1) is 11.3 Å². The van der Waals surface area contributed by atoms with Crippen molar-refractivity contribution in [3.8, 4) is 10.8 Å². The van der Waals surface area contributed by atoms with Gasteiger partial charge in [0.05, 0.1) is 18.4 Å². The smallest absolute Gasteiger partial charge is 0.226 e. The Labute approximate surface area is 115 Å². The van der Waals surface area contributed by atoms with E-state index in [0.29, 0.717) is 12.3 Å². The minimum atomic E-state index is 0.0516. The zero-order chi connectivity index (χ0) is 13.2. The molecule has 0 unspecified atom stereocenters. The molecule has 2 heterocycles. The zero-order valence-electron chi connectivity index (χ0n) is 10.8. The maximum absolute atomic E-state index is 11.9.